The number of halogens is 2. The molecule has 2 aliphatic rings. The van der Waals surface area contributed by atoms with Crippen LogP contribution in [0.3, 0.4) is 0 Å². The molecule has 0 saturated carbocycles. The van der Waals surface area contributed by atoms with Crippen LogP contribution in [0.2, 0.25) is 0 Å². The summed E-state index contributed by atoms with van der Waals surface area (Å²) in [6.07, 6.45) is 3.22. The summed E-state index contributed by atoms with van der Waals surface area (Å²) in [5, 5.41) is 5.58. The Kier molecular flexibility index (Phi) is 6.52. The molecule has 2 amide bonds. The van der Waals surface area contributed by atoms with Crippen molar-refractivity contribution in [3.63, 3.8) is 0 Å². The molecule has 35 heavy (non-hydrogen) atoms. The lowest BCUT2D eigenvalue weighted by atomic mass is 9.95. The Morgan fingerprint density at radius 1 is 1.29 bits per heavy atom. The zero-order chi connectivity index (χ0) is 24.5. The van der Waals surface area contributed by atoms with Gasteiger partial charge in [0.05, 0.1) is 17.1 Å². The van der Waals surface area contributed by atoms with Gasteiger partial charge in [-0.3, -0.25) is 0 Å². The Labute approximate surface area is 205 Å². The van der Waals surface area contributed by atoms with Crippen LogP contribution in [0, 0.1) is 11.8 Å². The molecule has 1 aromatic carbocycles. The molecule has 2 aliphatic heterocycles. The highest BCUT2D eigenvalue weighted by Crippen LogP contribution is 2.51. The summed E-state index contributed by atoms with van der Waals surface area (Å²) in [7, 11) is 0. The van der Waals surface area contributed by atoms with E-state index in [1.807, 2.05) is 25.1 Å². The van der Waals surface area contributed by atoms with Crippen molar-refractivity contribution in [1.82, 2.24) is 25.2 Å². The number of hydrogen-bond acceptors (Lipinski definition) is 7. The molecule has 1 saturated heterocycles. The molecule has 5 rings (SSSR count). The minimum atomic E-state index is -0.578. The maximum absolute atomic E-state index is 14.8. The minimum Gasteiger partial charge on any atom is -0.352 e. The van der Waals surface area contributed by atoms with Gasteiger partial charge in [-0.2, -0.15) is 4.39 Å². The first-order valence-electron chi connectivity index (χ1n) is 11.4. The van der Waals surface area contributed by atoms with E-state index in [0.29, 0.717) is 49.8 Å². The number of anilines is 1. The Bertz CT molecular complexity index is 1270. The molecule has 4 N–H and O–H groups in total. The van der Waals surface area contributed by atoms with Gasteiger partial charge >= 0.3 is 6.03 Å². The van der Waals surface area contributed by atoms with Gasteiger partial charge in [0.2, 0.25) is 11.9 Å². The third-order valence-corrected chi connectivity index (χ3v) is 7.52. The Morgan fingerprint density at radius 3 is 2.91 bits per heavy atom. The van der Waals surface area contributed by atoms with Gasteiger partial charge in [0.1, 0.15) is 0 Å². The second-order valence-corrected chi connectivity index (χ2v) is 9.77. The average molecular weight is 498 g/mol. The first-order chi connectivity index (χ1) is 16.9. The summed E-state index contributed by atoms with van der Waals surface area (Å²) in [6.45, 7) is 4.07. The molecule has 4 heterocycles. The summed E-state index contributed by atoms with van der Waals surface area (Å²) in [5.41, 5.74) is 9.75. The van der Waals surface area contributed by atoms with E-state index in [-0.39, 0.29) is 17.3 Å². The molecular formula is C24H25F2N7OS. The molecule has 182 valence electrons. The zero-order valence-electron chi connectivity index (χ0n) is 19.1. The van der Waals surface area contributed by atoms with Crippen molar-refractivity contribution < 1.29 is 13.6 Å². The van der Waals surface area contributed by atoms with Gasteiger partial charge in [-0.15, -0.1) is 11.8 Å². The van der Waals surface area contributed by atoms with E-state index in [2.05, 4.69) is 25.6 Å². The number of nitrogens with zero attached hydrogens (tertiary/aromatic N) is 4. The standard InChI is InChI=1S/C24H25F2N7OS/c1-13(27)17-11-30-20(26)10-16(17)15-4-2-3-14-9-19(35-22(14)15)21-18(25)12-31-23(32-21)28-5-7-33-8-6-29-24(33)34/h2-4,10-13,19H,5-9,27H2,1H3,(H,29,34)(H,28,31,32)/t13-,19?/m1/s1. The third-order valence-electron chi connectivity index (χ3n) is 6.13. The highest BCUT2D eigenvalue weighted by atomic mass is 32.2. The summed E-state index contributed by atoms with van der Waals surface area (Å²) < 4.78 is 28.9. The topological polar surface area (TPSA) is 109 Å². The summed E-state index contributed by atoms with van der Waals surface area (Å²) in [6, 6.07) is 6.82. The van der Waals surface area contributed by atoms with Crippen LogP contribution in [-0.2, 0) is 6.42 Å². The van der Waals surface area contributed by atoms with Crippen LogP contribution in [0.5, 0.6) is 0 Å². The van der Waals surface area contributed by atoms with E-state index in [1.54, 1.807) is 4.90 Å². The van der Waals surface area contributed by atoms with Crippen LogP contribution >= 0.6 is 11.8 Å². The first-order valence-corrected chi connectivity index (χ1v) is 12.3. The summed E-state index contributed by atoms with van der Waals surface area (Å²) in [4.78, 5) is 26.6. The fourth-order valence-electron chi connectivity index (χ4n) is 4.39. The van der Waals surface area contributed by atoms with E-state index in [1.165, 1.54) is 30.2 Å². The minimum absolute atomic E-state index is 0.0929. The van der Waals surface area contributed by atoms with Crippen LogP contribution in [0.15, 0.2) is 41.6 Å². The Morgan fingerprint density at radius 2 is 2.14 bits per heavy atom. The van der Waals surface area contributed by atoms with E-state index in [4.69, 9.17) is 5.73 Å². The summed E-state index contributed by atoms with van der Waals surface area (Å²) >= 11 is 1.50. The highest BCUT2D eigenvalue weighted by Gasteiger charge is 2.30. The van der Waals surface area contributed by atoms with Gasteiger partial charge in [0, 0.05) is 49.4 Å². The van der Waals surface area contributed by atoms with Crippen LogP contribution in [-0.4, -0.2) is 52.1 Å². The number of rotatable bonds is 7. The number of aromatic nitrogens is 3. The number of carbonyl (C=O) groups excluding carboxylic acids is 1. The molecule has 2 atom stereocenters. The molecular weight excluding hydrogens is 472 g/mol. The predicted octanol–water partition coefficient (Wildman–Crippen LogP) is 3.66. The number of benzene rings is 1. The first kappa shape index (κ1) is 23.4. The van der Waals surface area contributed by atoms with Gasteiger partial charge in [-0.25, -0.2) is 24.1 Å². The molecule has 1 unspecified atom stereocenters. The number of thioether (sulfide) groups is 1. The number of fused-ring (bicyclic) bond motifs is 1. The lowest BCUT2D eigenvalue weighted by molar-refractivity contribution is 0.219. The van der Waals surface area contributed by atoms with Gasteiger partial charge in [0.15, 0.2) is 5.82 Å². The molecule has 3 aromatic rings. The SMILES string of the molecule is C[C@@H](N)c1cnc(F)cc1-c1cccc2c1SC(c1nc(NCCN3CCNC3=O)ncc1F)C2. The number of hydrogen-bond donors (Lipinski definition) is 3. The Balaban J connectivity index is 1.37. The van der Waals surface area contributed by atoms with Gasteiger partial charge in [0.25, 0.3) is 0 Å². The predicted molar refractivity (Wildman–Crippen MR) is 130 cm³/mol. The van der Waals surface area contributed by atoms with Crippen molar-refractivity contribution >= 4 is 23.7 Å². The number of amides is 2. The van der Waals surface area contributed by atoms with Gasteiger partial charge < -0.3 is 21.3 Å². The van der Waals surface area contributed by atoms with Crippen molar-refractivity contribution in [2.75, 3.05) is 31.5 Å². The molecule has 0 radical (unpaired) electrons. The molecule has 0 aliphatic carbocycles. The molecule has 0 spiro atoms. The monoisotopic (exact) mass is 497 g/mol. The Hall–Kier alpha value is -3.31. The fourth-order valence-corrected chi connectivity index (χ4v) is 5.82. The number of pyridine rings is 1. The second-order valence-electron chi connectivity index (χ2n) is 8.56. The normalized spacial score (nSPS) is 17.9. The maximum Gasteiger partial charge on any atom is 0.317 e. The number of nitrogens with two attached hydrogens (primary N) is 1. The highest BCUT2D eigenvalue weighted by molar-refractivity contribution is 8.00. The van der Waals surface area contributed by atoms with E-state index < -0.39 is 11.8 Å². The third kappa shape index (κ3) is 4.78. The van der Waals surface area contributed by atoms with Crippen LogP contribution in [0.25, 0.3) is 11.1 Å². The molecule has 11 heteroatoms. The average Bonchev–Trinajstić information content (AvgIpc) is 3.45. The smallest absolute Gasteiger partial charge is 0.317 e. The van der Waals surface area contributed by atoms with E-state index in [9.17, 15) is 13.6 Å². The number of nitrogens with one attached hydrogen (secondary N) is 2. The van der Waals surface area contributed by atoms with Crippen molar-refractivity contribution in [3.05, 3.63) is 65.2 Å². The van der Waals surface area contributed by atoms with Crippen LogP contribution in [0.1, 0.15) is 35.0 Å². The summed E-state index contributed by atoms with van der Waals surface area (Å²) in [5.74, 6) is -0.744. The quantitative estimate of drug-likeness (QED) is 0.428. The van der Waals surface area contributed by atoms with Crippen LogP contribution in [0.4, 0.5) is 19.5 Å². The van der Waals surface area contributed by atoms with Crippen LogP contribution < -0.4 is 16.4 Å². The molecule has 1 fully saturated rings. The number of carbonyl (C=O) groups is 1. The second kappa shape index (κ2) is 9.74. The molecule has 0 bridgehead atoms. The van der Waals surface area contributed by atoms with E-state index >= 15 is 0 Å². The lowest BCUT2D eigenvalue weighted by Crippen LogP contribution is -2.32. The lowest BCUT2D eigenvalue weighted by Gasteiger charge is -2.16. The van der Waals surface area contributed by atoms with Crippen molar-refractivity contribution in [1.29, 1.82) is 0 Å². The zero-order valence-corrected chi connectivity index (χ0v) is 19.9. The van der Waals surface area contributed by atoms with Crippen molar-refractivity contribution in [2.24, 2.45) is 5.73 Å². The van der Waals surface area contributed by atoms with Gasteiger partial charge in [-0.05, 0) is 35.6 Å². The van der Waals surface area contributed by atoms with E-state index in [0.717, 1.165) is 21.6 Å². The fraction of sp³-hybridized carbons (Fsp3) is 0.333. The number of urea groups is 1. The van der Waals surface area contributed by atoms with Crippen molar-refractivity contribution in [2.45, 2.75) is 29.5 Å². The molecule has 2 aromatic heterocycles. The van der Waals surface area contributed by atoms with Crippen molar-refractivity contribution in [3.8, 4) is 11.1 Å². The van der Waals surface area contributed by atoms with Gasteiger partial charge in [-0.1, -0.05) is 18.2 Å². The maximum atomic E-state index is 14.8. The molecule has 8 nitrogen and oxygen atoms in total. The largest absolute Gasteiger partial charge is 0.352 e.